The van der Waals surface area contributed by atoms with E-state index >= 15 is 0 Å². The number of halogens is 1. The molecule has 4 N–H and O–H groups in total. The number of fused-ring (bicyclic) bond motifs is 1. The lowest BCUT2D eigenvalue weighted by molar-refractivity contribution is -0.138. The van der Waals surface area contributed by atoms with Crippen molar-refractivity contribution in [2.75, 3.05) is 27.2 Å². The molecule has 2 fully saturated rings. The van der Waals surface area contributed by atoms with E-state index in [2.05, 4.69) is 56.7 Å². The molecule has 14 nitrogen and oxygen atoms in total. The number of likely N-dealkylation sites (N-methyl/N-ethyl adjacent to an activating group) is 1. The fourth-order valence-electron chi connectivity index (χ4n) is 8.48. The topological polar surface area (TPSA) is 177 Å². The third-order valence-electron chi connectivity index (χ3n) is 11.6. The summed E-state index contributed by atoms with van der Waals surface area (Å²) in [5.74, 6) is 0.606. The second-order valence-electron chi connectivity index (χ2n) is 16.1. The SMILES string of the molecule is COC(=O)NC(C(=O)N1CCCC1c1nc(-c2ccc(-c3ccc4cc(-c5cnc([C@@H]6CCCN6C(=O)[C@H](C(C)C)N(C)C(=O)O)[nH]5)ccc4c3)cc2)c(Cl)[nH]1)C(C)C. The zero-order valence-electron chi connectivity index (χ0n) is 34.2. The van der Waals surface area contributed by atoms with Crippen molar-refractivity contribution in [3.05, 3.63) is 83.7 Å². The molecular formula is C44H51ClN8O6. The molecule has 2 aliphatic rings. The lowest BCUT2D eigenvalue weighted by Gasteiger charge is -2.33. The van der Waals surface area contributed by atoms with Crippen LogP contribution in [0.25, 0.3) is 44.4 Å². The highest BCUT2D eigenvalue weighted by molar-refractivity contribution is 6.32. The molecule has 4 atom stereocenters. The standard InChI is InChI=1S/C44H51ClN8O6/c1-24(2)35(49-43(56)59-6)41(54)52-19-8-10-34(52)40-48-36(38(45)50-40)27-13-11-26(12-14-27)28-15-16-30-22-31(18-17-29(30)21-28)32-23-46-39(47-32)33-9-7-20-53(33)42(55)37(25(3)4)51(5)44(57)58/h11-18,21-25,33-35,37H,7-10,19-20H2,1-6H3,(H,46,47)(H,48,50)(H,49,56)(H,57,58)/t33-,34?,35?,37-/m0/s1. The van der Waals surface area contributed by atoms with Crippen LogP contribution < -0.4 is 5.32 Å². The van der Waals surface area contributed by atoms with Gasteiger partial charge in [0.2, 0.25) is 11.8 Å². The number of likely N-dealkylation sites (tertiary alicyclic amines) is 2. The molecule has 5 aromatic rings. The monoisotopic (exact) mass is 822 g/mol. The number of carbonyl (C=O) groups is 4. The number of aromatic amines is 2. The van der Waals surface area contributed by atoms with E-state index in [9.17, 15) is 24.3 Å². The Balaban J connectivity index is 1.05. The van der Waals surface area contributed by atoms with Gasteiger partial charge in [-0.2, -0.15) is 0 Å². The number of nitrogens with one attached hydrogen (secondary N) is 3. The van der Waals surface area contributed by atoms with Crippen LogP contribution in [0.3, 0.4) is 0 Å². The Labute approximate surface area is 348 Å². The average molecular weight is 823 g/mol. The maximum absolute atomic E-state index is 13.6. The van der Waals surface area contributed by atoms with E-state index in [1.807, 2.05) is 52.0 Å². The summed E-state index contributed by atoms with van der Waals surface area (Å²) in [5.41, 5.74) is 5.33. The Hall–Kier alpha value is -5.89. The molecule has 0 bridgehead atoms. The fraction of sp³-hybridized carbons (Fsp3) is 0.409. The molecule has 2 aliphatic heterocycles. The predicted molar refractivity (Wildman–Crippen MR) is 226 cm³/mol. The first-order valence-corrected chi connectivity index (χ1v) is 20.5. The molecule has 2 unspecified atom stereocenters. The Morgan fingerprint density at radius 1 is 0.814 bits per heavy atom. The van der Waals surface area contributed by atoms with Gasteiger partial charge in [0.05, 0.1) is 31.1 Å². The van der Waals surface area contributed by atoms with Gasteiger partial charge in [-0.15, -0.1) is 0 Å². The molecule has 4 amide bonds. The van der Waals surface area contributed by atoms with Crippen molar-refractivity contribution < 1.29 is 29.0 Å². The van der Waals surface area contributed by atoms with Gasteiger partial charge in [0.15, 0.2) is 0 Å². The number of nitrogens with zero attached hydrogens (tertiary/aromatic N) is 5. The Morgan fingerprint density at radius 2 is 1.39 bits per heavy atom. The third kappa shape index (κ3) is 8.36. The van der Waals surface area contributed by atoms with Crippen molar-refractivity contribution >= 4 is 46.4 Å². The van der Waals surface area contributed by atoms with Crippen LogP contribution in [0.4, 0.5) is 9.59 Å². The van der Waals surface area contributed by atoms with Gasteiger partial charge >= 0.3 is 12.2 Å². The number of aromatic nitrogens is 4. The van der Waals surface area contributed by atoms with Crippen molar-refractivity contribution in [3.63, 3.8) is 0 Å². The summed E-state index contributed by atoms with van der Waals surface area (Å²) < 4.78 is 4.76. The van der Waals surface area contributed by atoms with Crippen LogP contribution in [0.1, 0.15) is 77.1 Å². The molecule has 310 valence electrons. The number of methoxy groups -OCH3 is 1. The van der Waals surface area contributed by atoms with E-state index in [0.29, 0.717) is 35.6 Å². The normalized spacial score (nSPS) is 17.8. The van der Waals surface area contributed by atoms with Gasteiger partial charge in [0, 0.05) is 31.3 Å². The van der Waals surface area contributed by atoms with Crippen LogP contribution in [-0.2, 0) is 14.3 Å². The molecule has 3 aromatic carbocycles. The third-order valence-corrected chi connectivity index (χ3v) is 11.9. The summed E-state index contributed by atoms with van der Waals surface area (Å²) in [4.78, 5) is 71.9. The number of hydrogen-bond acceptors (Lipinski definition) is 7. The number of alkyl carbamates (subject to hydrolysis) is 1. The maximum atomic E-state index is 13.6. The van der Waals surface area contributed by atoms with Gasteiger partial charge in [-0.05, 0) is 71.6 Å². The molecule has 59 heavy (non-hydrogen) atoms. The smallest absolute Gasteiger partial charge is 0.407 e. The summed E-state index contributed by atoms with van der Waals surface area (Å²) >= 11 is 6.72. The summed E-state index contributed by atoms with van der Waals surface area (Å²) in [6.45, 7) is 8.59. The van der Waals surface area contributed by atoms with Crippen molar-refractivity contribution in [1.82, 2.24) is 40.0 Å². The molecule has 15 heteroatoms. The fourth-order valence-corrected chi connectivity index (χ4v) is 8.73. The van der Waals surface area contributed by atoms with Gasteiger partial charge in [0.1, 0.15) is 34.6 Å². The van der Waals surface area contributed by atoms with Gasteiger partial charge in [-0.1, -0.05) is 87.8 Å². The Bertz CT molecular complexity index is 2360. The van der Waals surface area contributed by atoms with E-state index in [1.165, 1.54) is 14.2 Å². The van der Waals surface area contributed by atoms with Gasteiger partial charge < -0.3 is 34.9 Å². The quantitative estimate of drug-likeness (QED) is 0.103. The maximum Gasteiger partial charge on any atom is 0.407 e. The summed E-state index contributed by atoms with van der Waals surface area (Å²) in [6, 6.07) is 18.6. The second-order valence-corrected chi connectivity index (χ2v) is 16.5. The zero-order valence-corrected chi connectivity index (χ0v) is 34.9. The minimum absolute atomic E-state index is 0.136. The van der Waals surface area contributed by atoms with Crippen LogP contribution in [-0.4, -0.2) is 103 Å². The van der Waals surface area contributed by atoms with Crippen molar-refractivity contribution in [2.45, 2.75) is 77.5 Å². The van der Waals surface area contributed by atoms with Crippen LogP contribution in [0.2, 0.25) is 5.15 Å². The van der Waals surface area contributed by atoms with E-state index in [4.69, 9.17) is 21.3 Å². The molecule has 0 spiro atoms. The number of ether oxygens (including phenoxy) is 1. The summed E-state index contributed by atoms with van der Waals surface area (Å²) in [6.07, 6.45) is 3.11. The van der Waals surface area contributed by atoms with Crippen LogP contribution in [0.5, 0.6) is 0 Å². The number of benzene rings is 3. The molecule has 0 radical (unpaired) electrons. The lowest BCUT2D eigenvalue weighted by Crippen LogP contribution is -2.51. The number of carboxylic acid groups (broad SMARTS) is 1. The molecular weight excluding hydrogens is 772 g/mol. The van der Waals surface area contributed by atoms with Crippen LogP contribution >= 0.6 is 11.6 Å². The van der Waals surface area contributed by atoms with E-state index in [1.54, 1.807) is 16.0 Å². The first kappa shape index (κ1) is 41.3. The number of hydrogen-bond donors (Lipinski definition) is 4. The predicted octanol–water partition coefficient (Wildman–Crippen LogP) is 8.28. The molecule has 4 heterocycles. The highest BCUT2D eigenvalue weighted by Gasteiger charge is 2.40. The van der Waals surface area contributed by atoms with Crippen molar-refractivity contribution in [2.24, 2.45) is 11.8 Å². The number of H-pyrrole nitrogens is 2. The van der Waals surface area contributed by atoms with E-state index in [0.717, 1.165) is 69.3 Å². The van der Waals surface area contributed by atoms with E-state index < -0.39 is 24.3 Å². The highest BCUT2D eigenvalue weighted by Crippen LogP contribution is 2.37. The van der Waals surface area contributed by atoms with Crippen molar-refractivity contribution in [3.8, 4) is 33.6 Å². The number of amides is 4. The molecule has 7 rings (SSSR count). The minimum Gasteiger partial charge on any atom is -0.465 e. The van der Waals surface area contributed by atoms with E-state index in [-0.39, 0.29) is 35.7 Å². The summed E-state index contributed by atoms with van der Waals surface area (Å²) in [7, 11) is 2.73. The Kier molecular flexibility index (Phi) is 12.0. The molecule has 0 aliphatic carbocycles. The first-order chi connectivity index (χ1) is 28.2. The van der Waals surface area contributed by atoms with Gasteiger partial charge in [-0.3, -0.25) is 14.5 Å². The van der Waals surface area contributed by atoms with Crippen molar-refractivity contribution in [1.29, 1.82) is 0 Å². The molecule has 2 aromatic heterocycles. The second kappa shape index (κ2) is 17.1. The Morgan fingerprint density at radius 3 is 2.00 bits per heavy atom. The van der Waals surface area contributed by atoms with Crippen LogP contribution in [0, 0.1) is 11.8 Å². The van der Waals surface area contributed by atoms with Gasteiger partial charge in [-0.25, -0.2) is 19.6 Å². The number of imidazole rings is 2. The lowest BCUT2D eigenvalue weighted by atomic mass is 9.98. The van der Waals surface area contributed by atoms with Gasteiger partial charge in [0.25, 0.3) is 0 Å². The largest absolute Gasteiger partial charge is 0.465 e. The number of rotatable bonds is 11. The summed E-state index contributed by atoms with van der Waals surface area (Å²) in [5, 5.41) is 14.8. The minimum atomic E-state index is -1.13. The number of carbonyl (C=O) groups excluding carboxylic acids is 3. The zero-order chi connectivity index (χ0) is 42.1. The molecule has 0 saturated carbocycles. The average Bonchev–Trinajstić information content (AvgIpc) is 4.06. The highest BCUT2D eigenvalue weighted by atomic mass is 35.5. The first-order valence-electron chi connectivity index (χ1n) is 20.1. The molecule has 2 saturated heterocycles. The van der Waals surface area contributed by atoms with Crippen LogP contribution in [0.15, 0.2) is 66.9 Å².